The van der Waals surface area contributed by atoms with Crippen molar-refractivity contribution in [3.05, 3.63) is 27.2 Å². The molecule has 0 aromatic carbocycles. The summed E-state index contributed by atoms with van der Waals surface area (Å²) < 4.78 is 4.16. The Morgan fingerprint density at radius 2 is 2.00 bits per heavy atom. The number of aryl methyl sites for hydroxylation is 2. The molecule has 0 saturated carbocycles. The van der Waals surface area contributed by atoms with Crippen molar-refractivity contribution >= 4 is 23.8 Å². The Bertz CT molecular complexity index is 652. The molecule has 0 bridgehead atoms. The van der Waals surface area contributed by atoms with E-state index in [1.807, 2.05) is 0 Å². The number of fused-ring (bicyclic) bond motifs is 1. The van der Waals surface area contributed by atoms with Gasteiger partial charge in [-0.25, -0.2) is 9.78 Å². The Kier molecular flexibility index (Phi) is 2.63. The fourth-order valence-electron chi connectivity index (χ4n) is 1.67. The summed E-state index contributed by atoms with van der Waals surface area (Å²) in [7, 11) is 3.06. The average Bonchev–Trinajstić information content (AvgIpc) is 2.68. The van der Waals surface area contributed by atoms with E-state index in [-0.39, 0.29) is 11.2 Å². The Balaban J connectivity index is 2.95. The monoisotopic (exact) mass is 240 g/mol. The summed E-state index contributed by atoms with van der Waals surface area (Å²) in [5, 5.41) is 0. The lowest BCUT2D eigenvalue weighted by molar-refractivity contribution is 0.700. The summed E-state index contributed by atoms with van der Waals surface area (Å²) in [6.45, 7) is 0.590. The van der Waals surface area contributed by atoms with Crippen molar-refractivity contribution in [1.82, 2.24) is 18.7 Å². The van der Waals surface area contributed by atoms with Crippen molar-refractivity contribution in [3.8, 4) is 0 Å². The zero-order chi connectivity index (χ0) is 11.9. The van der Waals surface area contributed by atoms with Crippen LogP contribution in [0, 0.1) is 0 Å². The highest BCUT2D eigenvalue weighted by Crippen LogP contribution is 2.05. The summed E-state index contributed by atoms with van der Waals surface area (Å²) in [5.41, 5.74) is 0.166. The number of hydrogen-bond donors (Lipinski definition) is 1. The van der Waals surface area contributed by atoms with Gasteiger partial charge in [-0.3, -0.25) is 13.9 Å². The van der Waals surface area contributed by atoms with E-state index in [2.05, 4.69) is 17.6 Å². The molecule has 6 nitrogen and oxygen atoms in total. The summed E-state index contributed by atoms with van der Waals surface area (Å²) in [5.74, 6) is 0.609. The summed E-state index contributed by atoms with van der Waals surface area (Å²) in [6, 6.07) is 0. The van der Waals surface area contributed by atoms with Crippen LogP contribution in [-0.2, 0) is 20.6 Å². The Hall–Kier alpha value is -1.50. The molecule has 16 heavy (non-hydrogen) atoms. The van der Waals surface area contributed by atoms with Crippen molar-refractivity contribution < 1.29 is 0 Å². The summed E-state index contributed by atoms with van der Waals surface area (Å²) in [4.78, 5) is 27.6. The average molecular weight is 240 g/mol. The first-order valence-electron chi connectivity index (χ1n) is 4.79. The lowest BCUT2D eigenvalue weighted by atomic mass is 10.5. The fraction of sp³-hybridized carbons (Fsp3) is 0.444. The van der Waals surface area contributed by atoms with E-state index in [0.717, 1.165) is 4.57 Å². The largest absolute Gasteiger partial charge is 0.332 e. The second kappa shape index (κ2) is 3.82. The van der Waals surface area contributed by atoms with Gasteiger partial charge in [0.25, 0.3) is 5.56 Å². The van der Waals surface area contributed by atoms with Crippen molar-refractivity contribution in [3.63, 3.8) is 0 Å². The van der Waals surface area contributed by atoms with E-state index < -0.39 is 0 Å². The van der Waals surface area contributed by atoms with Crippen LogP contribution in [0.15, 0.2) is 15.9 Å². The second-order valence-corrected chi connectivity index (χ2v) is 3.99. The normalized spacial score (nSPS) is 11.2. The summed E-state index contributed by atoms with van der Waals surface area (Å²) >= 11 is 4.11. The van der Waals surface area contributed by atoms with Gasteiger partial charge in [0.2, 0.25) is 0 Å². The van der Waals surface area contributed by atoms with Crippen LogP contribution in [0.5, 0.6) is 0 Å². The third-order valence-corrected chi connectivity index (χ3v) is 2.76. The maximum Gasteiger partial charge on any atom is 0.332 e. The predicted octanol–water partition coefficient (Wildman–Crippen LogP) is -0.637. The lowest BCUT2D eigenvalue weighted by Gasteiger charge is -2.04. The molecule has 2 aromatic rings. The Morgan fingerprint density at radius 3 is 2.62 bits per heavy atom. The van der Waals surface area contributed by atoms with Gasteiger partial charge < -0.3 is 4.57 Å². The third kappa shape index (κ3) is 1.39. The van der Waals surface area contributed by atoms with E-state index in [9.17, 15) is 9.59 Å². The molecule has 0 N–H and O–H groups in total. The number of hydrogen-bond acceptors (Lipinski definition) is 4. The Labute approximate surface area is 96.5 Å². The number of rotatable bonds is 2. The Morgan fingerprint density at radius 1 is 1.31 bits per heavy atom. The van der Waals surface area contributed by atoms with Gasteiger partial charge in [0, 0.05) is 26.4 Å². The number of nitrogens with zero attached hydrogens (tertiary/aromatic N) is 4. The predicted molar refractivity (Wildman–Crippen MR) is 64.1 cm³/mol. The minimum Gasteiger partial charge on any atom is -0.324 e. The standard InChI is InChI=1S/C9H12N4O2S/c1-11-7-6(8(14)12(2)9(11)15)13(3-4-16)5-10-7/h5,16H,3-4H2,1-2H3. The van der Waals surface area contributed by atoms with Gasteiger partial charge in [-0.05, 0) is 0 Å². The molecule has 0 amide bonds. The minimum absolute atomic E-state index is 0.322. The molecule has 2 heterocycles. The number of thiol groups is 1. The van der Waals surface area contributed by atoms with Gasteiger partial charge in [0.05, 0.1) is 6.33 Å². The van der Waals surface area contributed by atoms with Gasteiger partial charge in [-0.15, -0.1) is 0 Å². The first-order valence-corrected chi connectivity index (χ1v) is 5.43. The first kappa shape index (κ1) is 11.0. The van der Waals surface area contributed by atoms with Crippen LogP contribution in [0.2, 0.25) is 0 Å². The van der Waals surface area contributed by atoms with E-state index in [0.29, 0.717) is 23.5 Å². The molecule has 2 aromatic heterocycles. The van der Waals surface area contributed by atoms with Gasteiger partial charge in [0.1, 0.15) is 0 Å². The molecule has 7 heteroatoms. The molecule has 0 aliphatic carbocycles. The zero-order valence-corrected chi connectivity index (χ0v) is 9.94. The molecule has 0 saturated heterocycles. The highest BCUT2D eigenvalue weighted by Gasteiger charge is 2.13. The van der Waals surface area contributed by atoms with Gasteiger partial charge in [0.15, 0.2) is 11.2 Å². The van der Waals surface area contributed by atoms with Crippen LogP contribution in [0.25, 0.3) is 11.2 Å². The summed E-state index contributed by atoms with van der Waals surface area (Å²) in [6.07, 6.45) is 1.56. The topological polar surface area (TPSA) is 61.8 Å². The van der Waals surface area contributed by atoms with Crippen molar-refractivity contribution in [2.75, 3.05) is 5.75 Å². The van der Waals surface area contributed by atoms with Crippen LogP contribution in [0.3, 0.4) is 0 Å². The molecule has 0 spiro atoms. The first-order chi connectivity index (χ1) is 7.57. The maximum absolute atomic E-state index is 11.9. The van der Waals surface area contributed by atoms with Crippen molar-refractivity contribution in [1.29, 1.82) is 0 Å². The molecular weight excluding hydrogens is 228 g/mol. The lowest BCUT2D eigenvalue weighted by Crippen LogP contribution is -2.37. The van der Waals surface area contributed by atoms with Gasteiger partial charge >= 0.3 is 5.69 Å². The van der Waals surface area contributed by atoms with Crippen LogP contribution < -0.4 is 11.2 Å². The smallest absolute Gasteiger partial charge is 0.324 e. The molecular formula is C9H12N4O2S. The minimum atomic E-state index is -0.367. The molecule has 0 atom stereocenters. The van der Waals surface area contributed by atoms with Crippen LogP contribution >= 0.6 is 12.6 Å². The van der Waals surface area contributed by atoms with Crippen LogP contribution in [0.4, 0.5) is 0 Å². The zero-order valence-electron chi connectivity index (χ0n) is 9.04. The fourth-order valence-corrected chi connectivity index (χ4v) is 1.89. The highest BCUT2D eigenvalue weighted by molar-refractivity contribution is 7.80. The molecule has 0 unspecified atom stereocenters. The number of aromatic nitrogens is 4. The van der Waals surface area contributed by atoms with E-state index in [1.54, 1.807) is 17.9 Å². The molecule has 0 fully saturated rings. The van der Waals surface area contributed by atoms with Gasteiger partial charge in [-0.1, -0.05) is 0 Å². The maximum atomic E-state index is 11.9. The van der Waals surface area contributed by atoms with Crippen LogP contribution in [-0.4, -0.2) is 24.4 Å². The van der Waals surface area contributed by atoms with Crippen molar-refractivity contribution in [2.45, 2.75) is 6.54 Å². The molecule has 86 valence electrons. The quantitative estimate of drug-likeness (QED) is 0.711. The molecule has 0 aliphatic rings. The third-order valence-electron chi connectivity index (χ3n) is 2.56. The molecule has 2 rings (SSSR count). The number of imidazole rings is 1. The SMILES string of the molecule is Cn1c(=O)c2c(ncn2CCS)n(C)c1=O. The highest BCUT2D eigenvalue weighted by atomic mass is 32.1. The van der Waals surface area contributed by atoms with Gasteiger partial charge in [-0.2, -0.15) is 12.6 Å². The molecule has 0 aliphatic heterocycles. The van der Waals surface area contributed by atoms with Crippen LogP contribution in [0.1, 0.15) is 0 Å². The molecule has 0 radical (unpaired) electrons. The second-order valence-electron chi connectivity index (χ2n) is 3.54. The van der Waals surface area contributed by atoms with Crippen molar-refractivity contribution in [2.24, 2.45) is 14.1 Å². The van der Waals surface area contributed by atoms with E-state index >= 15 is 0 Å². The van der Waals surface area contributed by atoms with E-state index in [4.69, 9.17) is 0 Å². The van der Waals surface area contributed by atoms with E-state index in [1.165, 1.54) is 11.6 Å².